The molecule has 0 spiro atoms. The Morgan fingerprint density at radius 1 is 1.12 bits per heavy atom. The summed E-state index contributed by atoms with van der Waals surface area (Å²) in [6, 6.07) is 5.10. The third kappa shape index (κ3) is 3.87. The molecule has 2 heterocycles. The Morgan fingerprint density at radius 3 is 2.64 bits per heavy atom. The molecule has 1 aliphatic heterocycles. The van der Waals surface area contributed by atoms with Crippen LogP contribution >= 0.6 is 0 Å². The van der Waals surface area contributed by atoms with Gasteiger partial charge in [0.1, 0.15) is 5.82 Å². The van der Waals surface area contributed by atoms with Crippen molar-refractivity contribution in [3.8, 4) is 0 Å². The van der Waals surface area contributed by atoms with Gasteiger partial charge in [0.2, 0.25) is 0 Å². The van der Waals surface area contributed by atoms with Gasteiger partial charge in [-0.3, -0.25) is 0 Å². The summed E-state index contributed by atoms with van der Waals surface area (Å²) in [5.74, 6) is 1.02. The fraction of sp³-hybridized carbons (Fsp3) is 0.650. The van der Waals surface area contributed by atoms with Crippen molar-refractivity contribution in [1.29, 1.82) is 0 Å². The average Bonchev–Trinajstić information content (AvgIpc) is 3.05. The van der Waals surface area contributed by atoms with E-state index in [1.807, 2.05) is 0 Å². The van der Waals surface area contributed by atoms with E-state index in [4.69, 9.17) is 10.3 Å². The Hall–Kier alpha value is -1.46. The van der Waals surface area contributed by atoms with Crippen molar-refractivity contribution in [2.24, 2.45) is 11.7 Å². The lowest BCUT2D eigenvalue weighted by atomic mass is 9.84. The Kier molecular flexibility index (Phi) is 5.04. The largest absolute Gasteiger partial charge is 0.356 e. The molecule has 1 saturated carbocycles. The molecule has 2 aliphatic rings. The first-order valence-corrected chi connectivity index (χ1v) is 9.72. The van der Waals surface area contributed by atoms with Crippen LogP contribution in [0.3, 0.4) is 0 Å². The minimum absolute atomic E-state index is 0.221. The lowest BCUT2D eigenvalue weighted by Gasteiger charge is -2.33. The second-order valence-electron chi connectivity index (χ2n) is 7.89. The van der Waals surface area contributed by atoms with Crippen LogP contribution in [-0.2, 0) is 0 Å². The quantitative estimate of drug-likeness (QED) is 0.908. The Labute approximate surface area is 148 Å². The molecule has 0 bridgehead atoms. The minimum atomic E-state index is -0.221. The molecular weight excluding hydrogens is 317 g/mol. The molecule has 2 N–H and O–H groups in total. The summed E-state index contributed by atoms with van der Waals surface area (Å²) in [7, 11) is 0. The summed E-state index contributed by atoms with van der Waals surface area (Å²) in [5, 5.41) is 5.08. The molecule has 4 nitrogen and oxygen atoms in total. The van der Waals surface area contributed by atoms with Gasteiger partial charge in [-0.1, -0.05) is 5.16 Å². The zero-order valence-corrected chi connectivity index (χ0v) is 14.8. The van der Waals surface area contributed by atoms with Gasteiger partial charge < -0.3 is 15.2 Å². The van der Waals surface area contributed by atoms with Gasteiger partial charge in [0, 0.05) is 17.3 Å². The average molecular weight is 345 g/mol. The van der Waals surface area contributed by atoms with Gasteiger partial charge in [0.15, 0.2) is 5.58 Å². The van der Waals surface area contributed by atoms with Crippen LogP contribution in [0, 0.1) is 11.7 Å². The second-order valence-corrected chi connectivity index (χ2v) is 7.89. The van der Waals surface area contributed by atoms with Crippen LogP contribution in [0.2, 0.25) is 0 Å². The summed E-state index contributed by atoms with van der Waals surface area (Å²) in [6.07, 6.45) is 8.45. The molecule has 4 rings (SSSR count). The van der Waals surface area contributed by atoms with Crippen LogP contribution in [0.25, 0.3) is 11.0 Å². The SMILES string of the molecule is N[C@H]1CC[C@H](CCN2CCC(c3noc4ccc(F)cc34)CC2)CC1. The molecule has 136 valence electrons. The van der Waals surface area contributed by atoms with E-state index in [0.717, 1.165) is 42.9 Å². The summed E-state index contributed by atoms with van der Waals surface area (Å²) in [4.78, 5) is 2.58. The highest BCUT2D eigenvalue weighted by atomic mass is 19.1. The molecule has 25 heavy (non-hydrogen) atoms. The van der Waals surface area contributed by atoms with Crippen molar-refractivity contribution in [2.75, 3.05) is 19.6 Å². The first kappa shape index (κ1) is 17.0. The number of nitrogens with two attached hydrogens (primary N) is 1. The molecule has 1 aromatic carbocycles. The number of hydrogen-bond donors (Lipinski definition) is 1. The number of benzene rings is 1. The molecule has 2 fully saturated rings. The van der Waals surface area contributed by atoms with Crippen molar-refractivity contribution >= 4 is 11.0 Å². The van der Waals surface area contributed by atoms with Crippen molar-refractivity contribution in [3.63, 3.8) is 0 Å². The highest BCUT2D eigenvalue weighted by molar-refractivity contribution is 5.79. The number of likely N-dealkylation sites (tertiary alicyclic amines) is 1. The second kappa shape index (κ2) is 7.42. The zero-order valence-electron chi connectivity index (χ0n) is 14.8. The smallest absolute Gasteiger partial charge is 0.167 e. The zero-order chi connectivity index (χ0) is 17.2. The molecule has 1 aliphatic carbocycles. The topological polar surface area (TPSA) is 55.3 Å². The molecular formula is C20H28FN3O. The summed E-state index contributed by atoms with van der Waals surface area (Å²) in [5.41, 5.74) is 7.63. The van der Waals surface area contributed by atoms with Crippen molar-refractivity contribution in [3.05, 3.63) is 29.7 Å². The monoisotopic (exact) mass is 345 g/mol. The normalized spacial score (nSPS) is 26.3. The fourth-order valence-electron chi connectivity index (χ4n) is 4.50. The summed E-state index contributed by atoms with van der Waals surface area (Å²) >= 11 is 0. The van der Waals surface area contributed by atoms with Gasteiger partial charge in [-0.2, -0.15) is 0 Å². The van der Waals surface area contributed by atoms with Gasteiger partial charge in [-0.25, -0.2) is 4.39 Å². The molecule has 0 amide bonds. The van der Waals surface area contributed by atoms with Crippen LogP contribution in [0.15, 0.2) is 22.7 Å². The molecule has 1 aromatic heterocycles. The minimum Gasteiger partial charge on any atom is -0.356 e. The maximum absolute atomic E-state index is 13.5. The van der Waals surface area contributed by atoms with E-state index in [1.54, 1.807) is 12.1 Å². The van der Waals surface area contributed by atoms with E-state index in [0.29, 0.717) is 17.5 Å². The van der Waals surface area contributed by atoms with Crippen LogP contribution in [0.5, 0.6) is 0 Å². The molecule has 0 unspecified atom stereocenters. The Balaban J connectivity index is 1.30. The first-order valence-electron chi connectivity index (χ1n) is 9.72. The van der Waals surface area contributed by atoms with E-state index in [2.05, 4.69) is 10.1 Å². The standard InChI is InChI=1S/C20H28FN3O/c21-16-3-6-19-18(13-16)20(23-25-19)15-8-11-24(12-9-15)10-7-14-1-4-17(22)5-2-14/h3,6,13-15,17H,1-2,4-5,7-12,22H2/t14-,17-. The number of piperidine rings is 1. The van der Waals surface area contributed by atoms with Crippen molar-refractivity contribution in [2.45, 2.75) is 56.9 Å². The van der Waals surface area contributed by atoms with Crippen LogP contribution in [0.4, 0.5) is 4.39 Å². The van der Waals surface area contributed by atoms with Gasteiger partial charge in [-0.05, 0) is 88.7 Å². The maximum atomic E-state index is 13.5. The predicted molar refractivity (Wildman–Crippen MR) is 96.9 cm³/mol. The van der Waals surface area contributed by atoms with Crippen LogP contribution in [0.1, 0.15) is 56.6 Å². The molecule has 0 radical (unpaired) electrons. The van der Waals surface area contributed by atoms with Crippen molar-refractivity contribution < 1.29 is 8.91 Å². The molecule has 1 saturated heterocycles. The molecule has 5 heteroatoms. The van der Waals surface area contributed by atoms with Crippen molar-refractivity contribution in [1.82, 2.24) is 10.1 Å². The maximum Gasteiger partial charge on any atom is 0.167 e. The van der Waals surface area contributed by atoms with E-state index in [9.17, 15) is 4.39 Å². The van der Waals surface area contributed by atoms with Gasteiger partial charge in [-0.15, -0.1) is 0 Å². The molecule has 2 aromatic rings. The number of rotatable bonds is 4. The highest BCUT2D eigenvalue weighted by Crippen LogP contribution is 2.33. The lowest BCUT2D eigenvalue weighted by Crippen LogP contribution is -2.35. The first-order chi connectivity index (χ1) is 12.2. The summed E-state index contributed by atoms with van der Waals surface area (Å²) in [6.45, 7) is 3.39. The van der Waals surface area contributed by atoms with Gasteiger partial charge >= 0.3 is 0 Å². The fourth-order valence-corrected chi connectivity index (χ4v) is 4.50. The van der Waals surface area contributed by atoms with Crippen LogP contribution < -0.4 is 5.73 Å². The van der Waals surface area contributed by atoms with E-state index >= 15 is 0 Å². The number of halogens is 1. The van der Waals surface area contributed by atoms with Crippen LogP contribution in [-0.4, -0.2) is 35.7 Å². The Morgan fingerprint density at radius 2 is 1.88 bits per heavy atom. The number of fused-ring (bicyclic) bond motifs is 1. The van der Waals surface area contributed by atoms with Gasteiger partial charge in [0.05, 0.1) is 5.69 Å². The number of hydrogen-bond acceptors (Lipinski definition) is 4. The predicted octanol–water partition coefficient (Wildman–Crippen LogP) is 4.05. The van der Waals surface area contributed by atoms with E-state index < -0.39 is 0 Å². The van der Waals surface area contributed by atoms with E-state index in [-0.39, 0.29) is 5.82 Å². The number of aromatic nitrogens is 1. The third-order valence-electron chi connectivity index (χ3n) is 6.18. The lowest BCUT2D eigenvalue weighted by molar-refractivity contribution is 0.184. The van der Waals surface area contributed by atoms with Gasteiger partial charge in [0.25, 0.3) is 0 Å². The Bertz CT molecular complexity index is 700. The third-order valence-corrected chi connectivity index (χ3v) is 6.18. The number of nitrogens with zero attached hydrogens (tertiary/aromatic N) is 2. The summed E-state index contributed by atoms with van der Waals surface area (Å²) < 4.78 is 18.9. The molecule has 0 atom stereocenters. The highest BCUT2D eigenvalue weighted by Gasteiger charge is 2.26. The van der Waals surface area contributed by atoms with E-state index in [1.165, 1.54) is 44.7 Å².